The molecule has 1 amide bonds. The third kappa shape index (κ3) is 2.78. The summed E-state index contributed by atoms with van der Waals surface area (Å²) in [5.74, 6) is -0.790. The van der Waals surface area contributed by atoms with Crippen molar-refractivity contribution in [1.29, 1.82) is 0 Å². The number of pyridine rings is 1. The van der Waals surface area contributed by atoms with Crippen molar-refractivity contribution < 1.29 is 9.18 Å². The Balaban J connectivity index is 2.17. The van der Waals surface area contributed by atoms with Crippen molar-refractivity contribution in [1.82, 2.24) is 4.98 Å². The maximum atomic E-state index is 12.6. The molecule has 0 saturated heterocycles. The smallest absolute Gasteiger partial charge is 0.255 e. The van der Waals surface area contributed by atoms with Crippen molar-refractivity contribution in [3.8, 4) is 0 Å². The molecule has 0 radical (unpaired) electrons. The lowest BCUT2D eigenvalue weighted by molar-refractivity contribution is 0.102. The number of rotatable bonds is 2. The second-order valence-electron chi connectivity index (χ2n) is 3.40. The van der Waals surface area contributed by atoms with E-state index < -0.39 is 5.91 Å². The van der Waals surface area contributed by atoms with Crippen LogP contribution in [0.3, 0.4) is 0 Å². The predicted molar refractivity (Wildman–Crippen MR) is 61.4 cm³/mol. The van der Waals surface area contributed by atoms with Gasteiger partial charge in [0, 0.05) is 23.5 Å². The number of anilines is 1. The fourth-order valence-electron chi connectivity index (χ4n) is 1.32. The van der Waals surface area contributed by atoms with Crippen LogP contribution in [-0.2, 0) is 0 Å². The first kappa shape index (κ1) is 11.1. The monoisotopic (exact) mass is 232 g/mol. The zero-order valence-electron chi connectivity index (χ0n) is 8.74. The van der Waals surface area contributed by atoms with Crippen LogP contribution in [0.1, 0.15) is 10.4 Å². The van der Waals surface area contributed by atoms with Crippen LogP contribution in [0.15, 0.2) is 47.4 Å². The molecule has 0 aliphatic heterocycles. The molecule has 0 aliphatic rings. The number of H-pyrrole nitrogens is 1. The second-order valence-corrected chi connectivity index (χ2v) is 3.40. The largest absolute Gasteiger partial charge is 0.329 e. The van der Waals surface area contributed by atoms with Crippen LogP contribution in [0, 0.1) is 5.82 Å². The predicted octanol–water partition coefficient (Wildman–Crippen LogP) is 1.77. The van der Waals surface area contributed by atoms with E-state index in [2.05, 4.69) is 10.3 Å². The van der Waals surface area contributed by atoms with E-state index in [-0.39, 0.29) is 16.9 Å². The number of carbonyl (C=O) groups excluding carboxylic acids is 1. The highest BCUT2D eigenvalue weighted by atomic mass is 19.1. The standard InChI is InChI=1S/C12H9FN2O2/c13-9-1-3-10(4-2-9)15-12(17)8-5-6-14-11(16)7-8/h1-7H,(H,14,16)(H,15,17). The number of halogens is 1. The summed E-state index contributed by atoms with van der Waals surface area (Å²) in [5.41, 5.74) is 0.367. The first-order chi connectivity index (χ1) is 8.15. The quantitative estimate of drug-likeness (QED) is 0.828. The highest BCUT2D eigenvalue weighted by molar-refractivity contribution is 6.04. The second kappa shape index (κ2) is 4.61. The molecule has 0 unspecified atom stereocenters. The summed E-state index contributed by atoms with van der Waals surface area (Å²) in [4.78, 5) is 25.1. The van der Waals surface area contributed by atoms with Crippen molar-refractivity contribution in [3.63, 3.8) is 0 Å². The zero-order valence-corrected chi connectivity index (χ0v) is 8.74. The van der Waals surface area contributed by atoms with Gasteiger partial charge in [-0.25, -0.2) is 4.39 Å². The van der Waals surface area contributed by atoms with Gasteiger partial charge in [-0.15, -0.1) is 0 Å². The first-order valence-corrected chi connectivity index (χ1v) is 4.91. The fraction of sp³-hybridized carbons (Fsp3) is 0. The molecule has 0 spiro atoms. The van der Waals surface area contributed by atoms with E-state index in [0.29, 0.717) is 5.69 Å². The van der Waals surface area contributed by atoms with Crippen LogP contribution < -0.4 is 10.9 Å². The molecule has 0 atom stereocenters. The molecule has 5 heteroatoms. The van der Waals surface area contributed by atoms with E-state index in [0.717, 1.165) is 0 Å². The van der Waals surface area contributed by atoms with E-state index in [1.54, 1.807) is 0 Å². The summed E-state index contributed by atoms with van der Waals surface area (Å²) in [6.07, 6.45) is 1.39. The van der Waals surface area contributed by atoms with Crippen molar-refractivity contribution >= 4 is 11.6 Å². The van der Waals surface area contributed by atoms with Gasteiger partial charge in [0.25, 0.3) is 5.91 Å². The SMILES string of the molecule is O=C(Nc1ccc(F)cc1)c1cc[nH]c(=O)c1. The van der Waals surface area contributed by atoms with Gasteiger partial charge in [-0.05, 0) is 30.3 Å². The number of aromatic nitrogens is 1. The molecule has 1 heterocycles. The van der Waals surface area contributed by atoms with Crippen LogP contribution >= 0.6 is 0 Å². The third-order valence-electron chi connectivity index (χ3n) is 2.14. The topological polar surface area (TPSA) is 62.0 Å². The lowest BCUT2D eigenvalue weighted by atomic mass is 10.2. The maximum absolute atomic E-state index is 12.6. The molecule has 86 valence electrons. The molecule has 2 N–H and O–H groups in total. The molecule has 17 heavy (non-hydrogen) atoms. The van der Waals surface area contributed by atoms with Gasteiger partial charge in [0.05, 0.1) is 0 Å². The van der Waals surface area contributed by atoms with Crippen LogP contribution in [0.2, 0.25) is 0 Å². The van der Waals surface area contributed by atoms with Gasteiger partial charge in [0.15, 0.2) is 0 Å². The average molecular weight is 232 g/mol. The number of benzene rings is 1. The van der Waals surface area contributed by atoms with Gasteiger partial charge in [-0.2, -0.15) is 0 Å². The third-order valence-corrected chi connectivity index (χ3v) is 2.14. The molecular weight excluding hydrogens is 223 g/mol. The minimum atomic E-state index is -0.414. The molecule has 0 fully saturated rings. The summed E-state index contributed by atoms with van der Waals surface area (Å²) in [5, 5.41) is 2.55. The van der Waals surface area contributed by atoms with Crippen LogP contribution in [0.25, 0.3) is 0 Å². The molecule has 0 aliphatic carbocycles. The maximum Gasteiger partial charge on any atom is 0.255 e. The Labute approximate surface area is 96.1 Å². The van der Waals surface area contributed by atoms with Gasteiger partial charge in [-0.3, -0.25) is 9.59 Å². The number of hydrogen-bond acceptors (Lipinski definition) is 2. The summed E-state index contributed by atoms with van der Waals surface area (Å²) in [7, 11) is 0. The molecule has 1 aromatic carbocycles. The van der Waals surface area contributed by atoms with Crippen LogP contribution in [0.4, 0.5) is 10.1 Å². The number of hydrogen-bond donors (Lipinski definition) is 2. The van der Waals surface area contributed by atoms with E-state index in [1.165, 1.54) is 42.6 Å². The molecule has 1 aromatic heterocycles. The van der Waals surface area contributed by atoms with Crippen LogP contribution in [0.5, 0.6) is 0 Å². The number of aromatic amines is 1. The van der Waals surface area contributed by atoms with Crippen LogP contribution in [-0.4, -0.2) is 10.9 Å². The fourth-order valence-corrected chi connectivity index (χ4v) is 1.32. The Morgan fingerprint density at radius 2 is 1.88 bits per heavy atom. The normalized spacial score (nSPS) is 9.94. The van der Waals surface area contributed by atoms with Crippen molar-refractivity contribution in [2.75, 3.05) is 5.32 Å². The highest BCUT2D eigenvalue weighted by Crippen LogP contribution is 2.09. The number of amides is 1. The minimum absolute atomic E-state index is 0.248. The van der Waals surface area contributed by atoms with Crippen molar-refractivity contribution in [3.05, 3.63) is 64.3 Å². The number of carbonyl (C=O) groups is 1. The van der Waals surface area contributed by atoms with E-state index >= 15 is 0 Å². The summed E-state index contributed by atoms with van der Waals surface area (Å²) >= 11 is 0. The summed E-state index contributed by atoms with van der Waals surface area (Å²) < 4.78 is 12.6. The minimum Gasteiger partial charge on any atom is -0.329 e. The number of nitrogens with one attached hydrogen (secondary N) is 2. The van der Waals surface area contributed by atoms with Crippen molar-refractivity contribution in [2.45, 2.75) is 0 Å². The summed E-state index contributed by atoms with van der Waals surface area (Å²) in [6, 6.07) is 8.06. The average Bonchev–Trinajstić information content (AvgIpc) is 2.32. The van der Waals surface area contributed by atoms with E-state index in [4.69, 9.17) is 0 Å². The lowest BCUT2D eigenvalue weighted by Gasteiger charge is -2.04. The molecule has 0 bridgehead atoms. The Morgan fingerprint density at radius 1 is 1.18 bits per heavy atom. The molecule has 4 nitrogen and oxygen atoms in total. The lowest BCUT2D eigenvalue weighted by Crippen LogP contribution is -2.15. The Hall–Kier alpha value is -2.43. The van der Waals surface area contributed by atoms with E-state index in [1.807, 2.05) is 0 Å². The van der Waals surface area contributed by atoms with Crippen molar-refractivity contribution in [2.24, 2.45) is 0 Å². The first-order valence-electron chi connectivity index (χ1n) is 4.91. The highest BCUT2D eigenvalue weighted by Gasteiger charge is 2.06. The van der Waals surface area contributed by atoms with Gasteiger partial charge in [0.2, 0.25) is 5.56 Å². The Kier molecular flexibility index (Phi) is 3.00. The van der Waals surface area contributed by atoms with E-state index in [9.17, 15) is 14.0 Å². The van der Waals surface area contributed by atoms with Gasteiger partial charge < -0.3 is 10.3 Å². The van der Waals surface area contributed by atoms with Gasteiger partial charge in [0.1, 0.15) is 5.82 Å². The Bertz CT molecular complexity index is 590. The zero-order chi connectivity index (χ0) is 12.3. The summed E-state index contributed by atoms with van der Waals surface area (Å²) in [6.45, 7) is 0. The molecular formula is C12H9FN2O2. The molecule has 0 saturated carbocycles. The Morgan fingerprint density at radius 3 is 2.53 bits per heavy atom. The molecule has 2 aromatic rings. The van der Waals surface area contributed by atoms with Gasteiger partial charge >= 0.3 is 0 Å². The molecule has 2 rings (SSSR count). The van der Waals surface area contributed by atoms with Gasteiger partial charge in [-0.1, -0.05) is 0 Å².